The fourth-order valence-electron chi connectivity index (χ4n) is 1.77. The van der Waals surface area contributed by atoms with Gasteiger partial charge in [-0.2, -0.15) is 8.78 Å². The summed E-state index contributed by atoms with van der Waals surface area (Å²) in [5, 5.41) is 2.60. The third-order valence-corrected chi connectivity index (χ3v) is 2.88. The molecule has 0 aromatic heterocycles. The number of rotatable bonds is 4. The minimum Gasteiger partial charge on any atom is -0.434 e. The molecule has 0 unspecified atom stereocenters. The van der Waals surface area contributed by atoms with Gasteiger partial charge in [-0.05, 0) is 36.8 Å². The minimum absolute atomic E-state index is 0.0250. The number of hydrogen-bond acceptors (Lipinski definition) is 3. The van der Waals surface area contributed by atoms with Crippen molar-refractivity contribution in [1.82, 2.24) is 0 Å². The van der Waals surface area contributed by atoms with Crippen molar-refractivity contribution >= 4 is 17.3 Å². The first-order valence-corrected chi connectivity index (χ1v) is 6.18. The van der Waals surface area contributed by atoms with Crippen LogP contribution < -0.4 is 15.8 Å². The maximum atomic E-state index is 12.3. The lowest BCUT2D eigenvalue weighted by molar-refractivity contribution is -0.0501. The van der Waals surface area contributed by atoms with Crippen molar-refractivity contribution in [3.05, 3.63) is 53.6 Å². The topological polar surface area (TPSA) is 64.3 Å². The van der Waals surface area contributed by atoms with Crippen molar-refractivity contribution in [2.45, 2.75) is 13.5 Å². The molecule has 2 aromatic rings. The number of carbonyl (C=O) groups excluding carboxylic acids is 1. The normalized spacial score (nSPS) is 10.5. The third kappa shape index (κ3) is 3.68. The maximum absolute atomic E-state index is 12.3. The van der Waals surface area contributed by atoms with E-state index in [1.807, 2.05) is 6.92 Å². The van der Waals surface area contributed by atoms with E-state index in [4.69, 9.17) is 5.73 Å². The lowest BCUT2D eigenvalue weighted by atomic mass is 10.1. The Hall–Kier alpha value is -2.63. The Labute approximate surface area is 120 Å². The molecule has 110 valence electrons. The van der Waals surface area contributed by atoms with Gasteiger partial charge in [0.25, 0.3) is 5.91 Å². The number of benzene rings is 2. The molecule has 0 atom stereocenters. The summed E-state index contributed by atoms with van der Waals surface area (Å²) in [5.41, 5.74) is 7.68. The second-order valence-corrected chi connectivity index (χ2v) is 4.40. The number of nitrogens with one attached hydrogen (secondary N) is 1. The molecule has 0 fully saturated rings. The zero-order valence-electron chi connectivity index (χ0n) is 11.3. The fourth-order valence-corrected chi connectivity index (χ4v) is 1.77. The van der Waals surface area contributed by atoms with Gasteiger partial charge in [-0.3, -0.25) is 4.79 Å². The molecule has 0 saturated carbocycles. The smallest absolute Gasteiger partial charge is 0.387 e. The van der Waals surface area contributed by atoms with Gasteiger partial charge >= 0.3 is 6.61 Å². The van der Waals surface area contributed by atoms with Crippen LogP contribution in [0.25, 0.3) is 0 Å². The summed E-state index contributed by atoms with van der Waals surface area (Å²) in [6.45, 7) is -1.15. The van der Waals surface area contributed by atoms with Crippen LogP contribution >= 0.6 is 0 Å². The van der Waals surface area contributed by atoms with Crippen LogP contribution in [0, 0.1) is 6.92 Å². The summed E-state index contributed by atoms with van der Waals surface area (Å²) < 4.78 is 29.0. The summed E-state index contributed by atoms with van der Waals surface area (Å²) in [4.78, 5) is 12.1. The Morgan fingerprint density at radius 1 is 1.24 bits per heavy atom. The number of carbonyl (C=O) groups is 1. The van der Waals surface area contributed by atoms with Gasteiger partial charge in [0.1, 0.15) is 5.75 Å². The highest BCUT2D eigenvalue weighted by atomic mass is 19.3. The molecular weight excluding hydrogens is 278 g/mol. The first-order valence-electron chi connectivity index (χ1n) is 6.18. The van der Waals surface area contributed by atoms with Crippen molar-refractivity contribution in [2.24, 2.45) is 0 Å². The second kappa shape index (κ2) is 6.21. The molecule has 6 heteroatoms. The van der Waals surface area contributed by atoms with Crippen LogP contribution in [-0.2, 0) is 0 Å². The number of hydrogen-bond donors (Lipinski definition) is 2. The van der Waals surface area contributed by atoms with E-state index in [1.54, 1.807) is 24.3 Å². The number of amides is 1. The van der Waals surface area contributed by atoms with E-state index < -0.39 is 12.5 Å². The number of halogens is 2. The number of ether oxygens (including phenoxy) is 1. The lowest BCUT2D eigenvalue weighted by Gasteiger charge is -2.11. The summed E-state index contributed by atoms with van der Waals surface area (Å²) in [5.74, 6) is -0.723. The molecule has 0 saturated heterocycles. The van der Waals surface area contributed by atoms with Gasteiger partial charge in [0.05, 0.1) is 5.56 Å². The highest BCUT2D eigenvalue weighted by molar-refractivity contribution is 6.06. The highest BCUT2D eigenvalue weighted by Crippen LogP contribution is 2.23. The maximum Gasteiger partial charge on any atom is 0.387 e. The highest BCUT2D eigenvalue weighted by Gasteiger charge is 2.15. The molecular formula is C15H14F2N2O2. The number of para-hydroxylation sites is 1. The number of anilines is 2. The predicted octanol–water partition coefficient (Wildman–Crippen LogP) is 3.43. The predicted molar refractivity (Wildman–Crippen MR) is 76.6 cm³/mol. The van der Waals surface area contributed by atoms with E-state index in [0.717, 1.165) is 5.56 Å². The molecule has 0 aliphatic heterocycles. The van der Waals surface area contributed by atoms with Crippen molar-refractivity contribution in [3.8, 4) is 5.75 Å². The first kappa shape index (κ1) is 14.8. The van der Waals surface area contributed by atoms with Crippen LogP contribution in [0.1, 0.15) is 15.9 Å². The Morgan fingerprint density at radius 3 is 2.62 bits per heavy atom. The quantitative estimate of drug-likeness (QED) is 0.848. The number of aryl methyl sites for hydroxylation is 1. The van der Waals surface area contributed by atoms with Crippen molar-refractivity contribution < 1.29 is 18.3 Å². The molecule has 4 nitrogen and oxygen atoms in total. The van der Waals surface area contributed by atoms with Crippen molar-refractivity contribution in [1.29, 1.82) is 0 Å². The van der Waals surface area contributed by atoms with Crippen molar-refractivity contribution in [3.63, 3.8) is 0 Å². The fraction of sp³-hybridized carbons (Fsp3) is 0.133. The SMILES string of the molecule is Cc1ccc(NC(=O)c2ccccc2OC(F)F)cc1N. The van der Waals surface area contributed by atoms with Crippen LogP contribution in [0.5, 0.6) is 5.75 Å². The van der Waals surface area contributed by atoms with Gasteiger partial charge < -0.3 is 15.8 Å². The van der Waals surface area contributed by atoms with Crippen LogP contribution in [0.4, 0.5) is 20.2 Å². The Morgan fingerprint density at radius 2 is 1.95 bits per heavy atom. The van der Waals surface area contributed by atoms with Crippen LogP contribution in [0.3, 0.4) is 0 Å². The van der Waals surface area contributed by atoms with Crippen LogP contribution in [0.15, 0.2) is 42.5 Å². The molecule has 1 amide bonds. The summed E-state index contributed by atoms with van der Waals surface area (Å²) in [7, 11) is 0. The Balaban J connectivity index is 2.22. The Bertz CT molecular complexity index is 660. The van der Waals surface area contributed by atoms with E-state index >= 15 is 0 Å². The molecule has 0 aliphatic rings. The summed E-state index contributed by atoms with van der Waals surface area (Å²) in [6, 6.07) is 10.8. The lowest BCUT2D eigenvalue weighted by Crippen LogP contribution is -2.15. The molecule has 0 radical (unpaired) electrons. The molecule has 3 N–H and O–H groups in total. The van der Waals surface area contributed by atoms with Gasteiger partial charge in [0.15, 0.2) is 0 Å². The molecule has 0 aliphatic carbocycles. The van der Waals surface area contributed by atoms with Crippen molar-refractivity contribution in [2.75, 3.05) is 11.1 Å². The van der Waals surface area contributed by atoms with E-state index in [9.17, 15) is 13.6 Å². The average Bonchev–Trinajstić information content (AvgIpc) is 2.43. The molecule has 2 rings (SSSR count). The Kier molecular flexibility index (Phi) is 4.37. The number of nitrogens with two attached hydrogens (primary N) is 1. The van der Waals surface area contributed by atoms with E-state index in [2.05, 4.69) is 10.1 Å². The zero-order valence-corrected chi connectivity index (χ0v) is 11.3. The average molecular weight is 292 g/mol. The van der Waals surface area contributed by atoms with Gasteiger partial charge in [-0.25, -0.2) is 0 Å². The van der Waals surface area contributed by atoms with E-state index in [1.165, 1.54) is 18.2 Å². The van der Waals surface area contributed by atoms with Gasteiger partial charge in [-0.15, -0.1) is 0 Å². The number of alkyl halides is 2. The molecule has 21 heavy (non-hydrogen) atoms. The minimum atomic E-state index is -2.99. The molecule has 2 aromatic carbocycles. The van der Waals surface area contributed by atoms with Gasteiger partial charge in [0, 0.05) is 11.4 Å². The molecule has 0 bridgehead atoms. The van der Waals surface area contributed by atoms with Crippen LogP contribution in [-0.4, -0.2) is 12.5 Å². The largest absolute Gasteiger partial charge is 0.434 e. The van der Waals surface area contributed by atoms with Gasteiger partial charge in [-0.1, -0.05) is 18.2 Å². The summed E-state index contributed by atoms with van der Waals surface area (Å²) >= 11 is 0. The monoisotopic (exact) mass is 292 g/mol. The third-order valence-electron chi connectivity index (χ3n) is 2.88. The van der Waals surface area contributed by atoms with E-state index in [0.29, 0.717) is 11.4 Å². The number of nitrogen functional groups attached to an aromatic ring is 1. The van der Waals surface area contributed by atoms with Gasteiger partial charge in [0.2, 0.25) is 0 Å². The standard InChI is InChI=1S/C15H14F2N2O2/c1-9-6-7-10(8-12(9)18)19-14(20)11-4-2-3-5-13(11)21-15(16)17/h2-8,15H,18H2,1H3,(H,19,20). The second-order valence-electron chi connectivity index (χ2n) is 4.40. The molecule has 0 heterocycles. The van der Waals surface area contributed by atoms with Crippen LogP contribution in [0.2, 0.25) is 0 Å². The zero-order chi connectivity index (χ0) is 15.4. The molecule has 0 spiro atoms. The van der Waals surface area contributed by atoms with E-state index in [-0.39, 0.29) is 11.3 Å². The first-order chi connectivity index (χ1) is 9.97. The summed E-state index contributed by atoms with van der Waals surface area (Å²) in [6.07, 6.45) is 0.